The molecule has 0 saturated heterocycles. The van der Waals surface area contributed by atoms with Crippen LogP contribution in [-0.2, 0) is 9.53 Å². The lowest BCUT2D eigenvalue weighted by Crippen LogP contribution is -2.31. The summed E-state index contributed by atoms with van der Waals surface area (Å²) in [4.78, 5) is 23.6. The van der Waals surface area contributed by atoms with Gasteiger partial charge in [0, 0.05) is 4.47 Å². The first-order chi connectivity index (χ1) is 10.6. The molecule has 4 nitrogen and oxygen atoms in total. The molecular formula is C17H16BrNO3. The minimum atomic E-state index is -0.519. The predicted molar refractivity (Wildman–Crippen MR) is 87.4 cm³/mol. The van der Waals surface area contributed by atoms with E-state index in [0.717, 1.165) is 10.0 Å². The zero-order valence-electron chi connectivity index (χ0n) is 12.1. The number of benzene rings is 2. The highest BCUT2D eigenvalue weighted by Gasteiger charge is 2.12. The molecule has 0 radical (unpaired) electrons. The number of hydrogen-bond acceptors (Lipinski definition) is 3. The van der Waals surface area contributed by atoms with E-state index in [9.17, 15) is 9.59 Å². The van der Waals surface area contributed by atoms with Crippen molar-refractivity contribution in [2.75, 3.05) is 6.61 Å². The topological polar surface area (TPSA) is 55.4 Å². The molecule has 2 rings (SSSR count). The quantitative estimate of drug-likeness (QED) is 0.829. The minimum Gasteiger partial charge on any atom is -0.452 e. The van der Waals surface area contributed by atoms with Crippen LogP contribution in [0.2, 0.25) is 0 Å². The first kappa shape index (κ1) is 16.2. The fourth-order valence-corrected chi connectivity index (χ4v) is 2.17. The molecule has 0 aliphatic carbocycles. The summed E-state index contributed by atoms with van der Waals surface area (Å²) in [6, 6.07) is 16.2. The molecule has 0 bridgehead atoms. The number of hydrogen-bond donors (Lipinski definition) is 1. The Hall–Kier alpha value is -2.14. The van der Waals surface area contributed by atoms with Gasteiger partial charge in [-0.05, 0) is 36.8 Å². The summed E-state index contributed by atoms with van der Waals surface area (Å²) in [6.45, 7) is 1.58. The van der Waals surface area contributed by atoms with E-state index in [-0.39, 0.29) is 18.6 Å². The van der Waals surface area contributed by atoms with E-state index in [1.165, 1.54) is 0 Å². The van der Waals surface area contributed by atoms with E-state index >= 15 is 0 Å². The van der Waals surface area contributed by atoms with Gasteiger partial charge < -0.3 is 10.1 Å². The Bertz CT molecular complexity index is 641. The molecule has 1 N–H and O–H groups in total. The zero-order chi connectivity index (χ0) is 15.9. The summed E-state index contributed by atoms with van der Waals surface area (Å²) in [7, 11) is 0. The van der Waals surface area contributed by atoms with Gasteiger partial charge in [0.2, 0.25) is 0 Å². The highest BCUT2D eigenvalue weighted by molar-refractivity contribution is 9.10. The van der Waals surface area contributed by atoms with Crippen LogP contribution in [0.4, 0.5) is 0 Å². The number of amides is 1. The largest absolute Gasteiger partial charge is 0.452 e. The standard InChI is InChI=1S/C17H16BrNO3/c1-12(13-5-3-2-4-6-13)19-16(20)11-22-17(21)14-7-9-15(18)10-8-14/h2-10,12H,11H2,1H3,(H,19,20)/t12-/m1/s1. The molecule has 0 aliphatic heterocycles. The van der Waals surface area contributed by atoms with Gasteiger partial charge in [-0.3, -0.25) is 4.79 Å². The van der Waals surface area contributed by atoms with E-state index in [1.54, 1.807) is 24.3 Å². The van der Waals surface area contributed by atoms with Gasteiger partial charge in [0.05, 0.1) is 11.6 Å². The van der Waals surface area contributed by atoms with Crippen molar-refractivity contribution in [1.82, 2.24) is 5.32 Å². The monoisotopic (exact) mass is 361 g/mol. The highest BCUT2D eigenvalue weighted by atomic mass is 79.9. The van der Waals surface area contributed by atoms with E-state index in [1.807, 2.05) is 37.3 Å². The van der Waals surface area contributed by atoms with Gasteiger partial charge in [-0.25, -0.2) is 4.79 Å². The van der Waals surface area contributed by atoms with Crippen LogP contribution in [0.15, 0.2) is 59.1 Å². The number of carbonyl (C=O) groups is 2. The van der Waals surface area contributed by atoms with Crippen molar-refractivity contribution in [3.8, 4) is 0 Å². The molecule has 1 amide bonds. The van der Waals surface area contributed by atoms with Gasteiger partial charge in [-0.1, -0.05) is 46.3 Å². The van der Waals surface area contributed by atoms with Crippen LogP contribution in [-0.4, -0.2) is 18.5 Å². The number of ether oxygens (including phenoxy) is 1. The van der Waals surface area contributed by atoms with Crippen LogP contribution in [0.3, 0.4) is 0 Å². The van der Waals surface area contributed by atoms with Gasteiger partial charge >= 0.3 is 5.97 Å². The van der Waals surface area contributed by atoms with E-state index < -0.39 is 5.97 Å². The summed E-state index contributed by atoms with van der Waals surface area (Å²) < 4.78 is 5.87. The molecule has 1 atom stereocenters. The van der Waals surface area contributed by atoms with Gasteiger partial charge in [-0.2, -0.15) is 0 Å². The van der Waals surface area contributed by atoms with Crippen molar-refractivity contribution in [2.24, 2.45) is 0 Å². The fourth-order valence-electron chi connectivity index (χ4n) is 1.91. The molecule has 114 valence electrons. The van der Waals surface area contributed by atoms with Crippen LogP contribution in [0.1, 0.15) is 28.9 Å². The normalized spacial score (nSPS) is 11.5. The molecular weight excluding hydrogens is 346 g/mol. The Balaban J connectivity index is 1.82. The lowest BCUT2D eigenvalue weighted by Gasteiger charge is -2.14. The Morgan fingerprint density at radius 3 is 2.36 bits per heavy atom. The Morgan fingerprint density at radius 1 is 1.09 bits per heavy atom. The highest BCUT2D eigenvalue weighted by Crippen LogP contribution is 2.12. The Labute approximate surface area is 137 Å². The second kappa shape index (κ2) is 7.75. The predicted octanol–water partition coefficient (Wildman–Crippen LogP) is 3.48. The average Bonchev–Trinajstić information content (AvgIpc) is 2.54. The van der Waals surface area contributed by atoms with Crippen molar-refractivity contribution in [2.45, 2.75) is 13.0 Å². The number of rotatable bonds is 5. The lowest BCUT2D eigenvalue weighted by atomic mass is 10.1. The molecule has 0 aromatic heterocycles. The van der Waals surface area contributed by atoms with Crippen LogP contribution < -0.4 is 5.32 Å². The molecule has 22 heavy (non-hydrogen) atoms. The number of esters is 1. The van der Waals surface area contributed by atoms with Crippen molar-refractivity contribution >= 4 is 27.8 Å². The molecule has 0 saturated carbocycles. The summed E-state index contributed by atoms with van der Waals surface area (Å²) in [5.41, 5.74) is 1.40. The third kappa shape index (κ3) is 4.70. The Kier molecular flexibility index (Phi) is 5.72. The molecule has 0 fully saturated rings. The third-order valence-corrected chi connectivity index (χ3v) is 3.62. The molecule has 0 spiro atoms. The fraction of sp³-hybridized carbons (Fsp3) is 0.176. The summed E-state index contributed by atoms with van der Waals surface area (Å²) in [6.07, 6.45) is 0. The molecule has 0 unspecified atom stereocenters. The maximum Gasteiger partial charge on any atom is 0.338 e. The smallest absolute Gasteiger partial charge is 0.338 e. The summed E-state index contributed by atoms with van der Waals surface area (Å²) in [5, 5.41) is 2.79. The van der Waals surface area contributed by atoms with Gasteiger partial charge in [0.25, 0.3) is 5.91 Å². The van der Waals surface area contributed by atoms with Crippen LogP contribution in [0.25, 0.3) is 0 Å². The Morgan fingerprint density at radius 2 is 1.73 bits per heavy atom. The molecule has 5 heteroatoms. The number of carbonyl (C=O) groups excluding carboxylic acids is 2. The van der Waals surface area contributed by atoms with Crippen molar-refractivity contribution in [1.29, 1.82) is 0 Å². The first-order valence-corrected chi connectivity index (χ1v) is 7.62. The minimum absolute atomic E-state index is 0.139. The van der Waals surface area contributed by atoms with Crippen molar-refractivity contribution in [3.63, 3.8) is 0 Å². The van der Waals surface area contributed by atoms with E-state index in [4.69, 9.17) is 4.74 Å². The summed E-state index contributed by atoms with van der Waals surface area (Å²) in [5.74, 6) is -0.850. The zero-order valence-corrected chi connectivity index (χ0v) is 13.7. The van der Waals surface area contributed by atoms with Crippen molar-refractivity contribution in [3.05, 3.63) is 70.2 Å². The first-order valence-electron chi connectivity index (χ1n) is 6.83. The van der Waals surface area contributed by atoms with Gasteiger partial charge in [0.1, 0.15) is 0 Å². The van der Waals surface area contributed by atoms with Gasteiger partial charge in [-0.15, -0.1) is 0 Å². The summed E-state index contributed by atoms with van der Waals surface area (Å²) >= 11 is 3.29. The van der Waals surface area contributed by atoms with Crippen LogP contribution in [0, 0.1) is 0 Å². The maximum atomic E-state index is 11.8. The number of halogens is 1. The van der Waals surface area contributed by atoms with Crippen LogP contribution >= 0.6 is 15.9 Å². The lowest BCUT2D eigenvalue weighted by molar-refractivity contribution is -0.124. The molecule has 2 aromatic rings. The van der Waals surface area contributed by atoms with Crippen molar-refractivity contribution < 1.29 is 14.3 Å². The molecule has 0 aliphatic rings. The SMILES string of the molecule is C[C@@H](NC(=O)COC(=O)c1ccc(Br)cc1)c1ccccc1. The maximum absolute atomic E-state index is 11.8. The second-order valence-corrected chi connectivity index (χ2v) is 5.70. The third-order valence-electron chi connectivity index (χ3n) is 3.09. The van der Waals surface area contributed by atoms with Crippen LogP contribution in [0.5, 0.6) is 0 Å². The molecule has 0 heterocycles. The average molecular weight is 362 g/mol. The molecule has 2 aromatic carbocycles. The number of nitrogens with one attached hydrogen (secondary N) is 1. The van der Waals surface area contributed by atoms with E-state index in [2.05, 4.69) is 21.2 Å². The van der Waals surface area contributed by atoms with E-state index in [0.29, 0.717) is 5.56 Å². The second-order valence-electron chi connectivity index (χ2n) is 4.78. The van der Waals surface area contributed by atoms with Gasteiger partial charge in [0.15, 0.2) is 6.61 Å².